The quantitative estimate of drug-likeness (QED) is 0.501. The summed E-state index contributed by atoms with van der Waals surface area (Å²) in [6.45, 7) is 0. The van der Waals surface area contributed by atoms with Gasteiger partial charge in [0.1, 0.15) is 5.78 Å². The van der Waals surface area contributed by atoms with Crippen LogP contribution in [0.25, 0.3) is 0 Å². The first kappa shape index (κ1) is 6.38. The van der Waals surface area contributed by atoms with Crippen molar-refractivity contribution in [3.05, 3.63) is 0 Å². The second-order valence-electron chi connectivity index (χ2n) is 3.72. The van der Waals surface area contributed by atoms with Crippen LogP contribution in [0.4, 0.5) is 0 Å². The Kier molecular flexibility index (Phi) is 1.51. The molecular formula is C9H14O. The Labute approximate surface area is 61.8 Å². The summed E-state index contributed by atoms with van der Waals surface area (Å²) in [5.74, 6) is 1.93. The smallest absolute Gasteiger partial charge is 0.135 e. The summed E-state index contributed by atoms with van der Waals surface area (Å²) in [5, 5.41) is 0. The van der Waals surface area contributed by atoms with Crippen LogP contribution in [0.1, 0.15) is 38.5 Å². The van der Waals surface area contributed by atoms with Gasteiger partial charge in [-0.3, -0.25) is 4.79 Å². The molecule has 0 heterocycles. The van der Waals surface area contributed by atoms with E-state index in [1.807, 2.05) is 0 Å². The van der Waals surface area contributed by atoms with Gasteiger partial charge in [0.15, 0.2) is 0 Å². The van der Waals surface area contributed by atoms with Gasteiger partial charge in [-0.1, -0.05) is 0 Å². The first-order chi connectivity index (χ1) is 4.86. The highest BCUT2D eigenvalue weighted by Crippen LogP contribution is 2.36. The molecule has 0 aromatic carbocycles. The molecule has 0 aromatic heterocycles. The number of ketones is 1. The van der Waals surface area contributed by atoms with Gasteiger partial charge in [-0.25, -0.2) is 0 Å². The predicted molar refractivity (Wildman–Crippen MR) is 39.7 cm³/mol. The fourth-order valence-electron chi connectivity index (χ4n) is 2.32. The molecule has 0 amide bonds. The molecule has 0 spiro atoms. The third kappa shape index (κ3) is 0.979. The SMILES string of the molecule is O=C1CCC2CCC1CC2. The average molecular weight is 138 g/mol. The zero-order valence-electron chi connectivity index (χ0n) is 6.31. The molecule has 56 valence electrons. The van der Waals surface area contributed by atoms with E-state index in [1.54, 1.807) is 0 Å². The van der Waals surface area contributed by atoms with Crippen molar-refractivity contribution < 1.29 is 4.79 Å². The van der Waals surface area contributed by atoms with Gasteiger partial charge < -0.3 is 0 Å². The lowest BCUT2D eigenvalue weighted by Gasteiger charge is -2.21. The highest BCUT2D eigenvalue weighted by molar-refractivity contribution is 5.81. The summed E-state index contributed by atoms with van der Waals surface area (Å²) in [6, 6.07) is 0. The molecule has 3 saturated carbocycles. The highest BCUT2D eigenvalue weighted by Gasteiger charge is 2.30. The molecule has 3 fully saturated rings. The third-order valence-electron chi connectivity index (χ3n) is 3.10. The largest absolute Gasteiger partial charge is 0.299 e. The third-order valence-corrected chi connectivity index (χ3v) is 3.10. The van der Waals surface area contributed by atoms with Gasteiger partial charge >= 0.3 is 0 Å². The lowest BCUT2D eigenvalue weighted by atomic mass is 9.84. The van der Waals surface area contributed by atoms with Gasteiger partial charge in [-0.05, 0) is 38.0 Å². The Balaban J connectivity index is 2.14. The average Bonchev–Trinajstić information content (AvgIpc) is 2.24. The molecular weight excluding hydrogens is 124 g/mol. The maximum Gasteiger partial charge on any atom is 0.135 e. The van der Waals surface area contributed by atoms with E-state index in [9.17, 15) is 4.79 Å². The van der Waals surface area contributed by atoms with Crippen molar-refractivity contribution in [1.29, 1.82) is 0 Å². The maximum atomic E-state index is 11.3. The summed E-state index contributed by atoms with van der Waals surface area (Å²) < 4.78 is 0. The summed E-state index contributed by atoms with van der Waals surface area (Å²) >= 11 is 0. The van der Waals surface area contributed by atoms with Crippen LogP contribution < -0.4 is 0 Å². The summed E-state index contributed by atoms with van der Waals surface area (Å²) in [4.78, 5) is 11.3. The van der Waals surface area contributed by atoms with E-state index in [4.69, 9.17) is 0 Å². The lowest BCUT2D eigenvalue weighted by molar-refractivity contribution is -0.122. The molecule has 0 aromatic rings. The highest BCUT2D eigenvalue weighted by atomic mass is 16.1. The molecule has 0 saturated heterocycles. The molecule has 0 unspecified atom stereocenters. The van der Waals surface area contributed by atoms with Gasteiger partial charge in [0.2, 0.25) is 0 Å². The second-order valence-corrected chi connectivity index (χ2v) is 3.72. The topological polar surface area (TPSA) is 17.1 Å². The van der Waals surface area contributed by atoms with Crippen molar-refractivity contribution in [2.45, 2.75) is 38.5 Å². The van der Waals surface area contributed by atoms with Crippen molar-refractivity contribution in [1.82, 2.24) is 0 Å². The summed E-state index contributed by atoms with van der Waals surface area (Å²) in [5.41, 5.74) is 0. The first-order valence-corrected chi connectivity index (χ1v) is 4.39. The molecule has 2 bridgehead atoms. The molecule has 0 radical (unpaired) electrons. The molecule has 0 aliphatic heterocycles. The van der Waals surface area contributed by atoms with E-state index in [0.29, 0.717) is 11.7 Å². The van der Waals surface area contributed by atoms with Crippen molar-refractivity contribution >= 4 is 5.78 Å². The monoisotopic (exact) mass is 138 g/mol. The first-order valence-electron chi connectivity index (χ1n) is 4.39. The standard InChI is InChI=1S/C9H14O/c10-9-6-3-7-1-4-8(9)5-2-7/h7-8H,1-6H2. The van der Waals surface area contributed by atoms with E-state index in [-0.39, 0.29) is 0 Å². The Morgan fingerprint density at radius 3 is 2.40 bits per heavy atom. The predicted octanol–water partition coefficient (Wildman–Crippen LogP) is 2.16. The minimum atomic E-state index is 0.471. The lowest BCUT2D eigenvalue weighted by Crippen LogP contribution is -2.14. The molecule has 0 atom stereocenters. The van der Waals surface area contributed by atoms with Gasteiger partial charge in [-0.15, -0.1) is 0 Å². The second kappa shape index (κ2) is 2.37. The Morgan fingerprint density at radius 2 is 1.70 bits per heavy atom. The number of carbonyl (C=O) groups excluding carboxylic acids is 1. The molecule has 10 heavy (non-hydrogen) atoms. The van der Waals surface area contributed by atoms with E-state index in [1.165, 1.54) is 32.1 Å². The van der Waals surface area contributed by atoms with Crippen LogP contribution in [0.15, 0.2) is 0 Å². The van der Waals surface area contributed by atoms with Crippen molar-refractivity contribution in [3.63, 3.8) is 0 Å². The van der Waals surface area contributed by atoms with Crippen LogP contribution in [0.2, 0.25) is 0 Å². The fourth-order valence-corrected chi connectivity index (χ4v) is 2.32. The van der Waals surface area contributed by atoms with Crippen LogP contribution in [0, 0.1) is 11.8 Å². The van der Waals surface area contributed by atoms with E-state index < -0.39 is 0 Å². The Hall–Kier alpha value is -0.330. The zero-order valence-corrected chi connectivity index (χ0v) is 6.31. The van der Waals surface area contributed by atoms with Crippen LogP contribution in [0.5, 0.6) is 0 Å². The van der Waals surface area contributed by atoms with E-state index in [0.717, 1.165) is 12.3 Å². The number of rotatable bonds is 0. The Morgan fingerprint density at radius 1 is 1.00 bits per heavy atom. The number of hydrogen-bond acceptors (Lipinski definition) is 1. The molecule has 3 rings (SSSR count). The number of carbonyl (C=O) groups is 1. The van der Waals surface area contributed by atoms with E-state index in [2.05, 4.69) is 0 Å². The van der Waals surface area contributed by atoms with Crippen LogP contribution in [-0.2, 0) is 4.79 Å². The minimum Gasteiger partial charge on any atom is -0.299 e. The van der Waals surface area contributed by atoms with Gasteiger partial charge in [0.25, 0.3) is 0 Å². The normalized spacial score (nSPS) is 39.8. The minimum absolute atomic E-state index is 0.471. The van der Waals surface area contributed by atoms with Gasteiger partial charge in [-0.2, -0.15) is 0 Å². The van der Waals surface area contributed by atoms with E-state index >= 15 is 0 Å². The molecule has 1 heteroatoms. The van der Waals surface area contributed by atoms with Crippen molar-refractivity contribution in [2.24, 2.45) is 11.8 Å². The molecule has 3 aliphatic carbocycles. The fraction of sp³-hybridized carbons (Fsp3) is 0.889. The van der Waals surface area contributed by atoms with Gasteiger partial charge in [0, 0.05) is 12.3 Å². The molecule has 0 N–H and O–H groups in total. The Bertz CT molecular complexity index is 143. The number of fused-ring (bicyclic) bond motifs is 4. The molecule has 3 aliphatic rings. The number of hydrogen-bond donors (Lipinski definition) is 0. The van der Waals surface area contributed by atoms with Crippen LogP contribution >= 0.6 is 0 Å². The van der Waals surface area contributed by atoms with Crippen molar-refractivity contribution in [3.8, 4) is 0 Å². The number of Topliss-reactive ketones (excluding diaryl/α,β-unsaturated/α-hetero) is 1. The zero-order chi connectivity index (χ0) is 6.97. The van der Waals surface area contributed by atoms with Crippen molar-refractivity contribution in [2.75, 3.05) is 0 Å². The molecule has 1 nitrogen and oxygen atoms in total. The summed E-state index contributed by atoms with van der Waals surface area (Å²) in [7, 11) is 0. The maximum absolute atomic E-state index is 11.3. The summed E-state index contributed by atoms with van der Waals surface area (Å²) in [6.07, 6.45) is 7.13. The van der Waals surface area contributed by atoms with Gasteiger partial charge in [0.05, 0.1) is 0 Å². The van der Waals surface area contributed by atoms with Crippen LogP contribution in [0.3, 0.4) is 0 Å². The van der Waals surface area contributed by atoms with Crippen LogP contribution in [-0.4, -0.2) is 5.78 Å².